The maximum atomic E-state index is 6.05. The molecule has 1 aromatic carbocycles. The molecule has 1 fully saturated rings. The summed E-state index contributed by atoms with van der Waals surface area (Å²) in [5.41, 5.74) is 2.51. The number of piperidine rings is 1. The van der Waals surface area contributed by atoms with Crippen LogP contribution < -0.4 is 4.90 Å². The zero-order valence-corrected chi connectivity index (χ0v) is 13.3. The molecule has 2 nitrogen and oxygen atoms in total. The first-order chi connectivity index (χ1) is 8.61. The monoisotopic (exact) mass is 330 g/mol. The Labute approximate surface area is 123 Å². The van der Waals surface area contributed by atoms with Gasteiger partial charge in [0.05, 0.1) is 0 Å². The summed E-state index contributed by atoms with van der Waals surface area (Å²) >= 11 is 9.55. The van der Waals surface area contributed by atoms with E-state index in [1.807, 2.05) is 0 Å². The third-order valence-corrected chi connectivity index (χ3v) is 4.50. The molecule has 2 rings (SSSR count). The highest BCUT2D eigenvalue weighted by Gasteiger charge is 2.21. The first-order valence-corrected chi connectivity index (χ1v) is 7.70. The van der Waals surface area contributed by atoms with E-state index in [9.17, 15) is 0 Å². The SMILES string of the molecule is CN(C)C1CCN(c2ccc(Br)cc2CCl)CC1. The van der Waals surface area contributed by atoms with Crippen LogP contribution in [0.4, 0.5) is 5.69 Å². The van der Waals surface area contributed by atoms with Crippen molar-refractivity contribution in [3.63, 3.8) is 0 Å². The van der Waals surface area contributed by atoms with Crippen LogP contribution in [-0.4, -0.2) is 38.1 Å². The van der Waals surface area contributed by atoms with Gasteiger partial charge in [0.15, 0.2) is 0 Å². The first kappa shape index (κ1) is 14.2. The Balaban J connectivity index is 2.09. The van der Waals surface area contributed by atoms with Crippen LogP contribution in [0.5, 0.6) is 0 Å². The second-order valence-corrected chi connectivity index (χ2v) is 6.27. The van der Waals surface area contributed by atoms with Crippen LogP contribution in [0.2, 0.25) is 0 Å². The van der Waals surface area contributed by atoms with Crippen LogP contribution in [0.1, 0.15) is 18.4 Å². The van der Waals surface area contributed by atoms with Gasteiger partial charge in [-0.05, 0) is 50.7 Å². The first-order valence-electron chi connectivity index (χ1n) is 6.37. The number of rotatable bonds is 3. The predicted molar refractivity (Wildman–Crippen MR) is 82.6 cm³/mol. The summed E-state index contributed by atoms with van der Waals surface area (Å²) < 4.78 is 1.10. The fourth-order valence-corrected chi connectivity index (χ4v) is 3.22. The van der Waals surface area contributed by atoms with E-state index in [-0.39, 0.29) is 0 Å². The quantitative estimate of drug-likeness (QED) is 0.779. The minimum Gasteiger partial charge on any atom is -0.371 e. The van der Waals surface area contributed by atoms with Crippen molar-refractivity contribution in [1.29, 1.82) is 0 Å². The Bertz CT molecular complexity index is 401. The van der Waals surface area contributed by atoms with Crippen LogP contribution in [-0.2, 0) is 5.88 Å². The standard InChI is InChI=1S/C14H20BrClN2/c1-17(2)13-5-7-18(8-6-13)14-4-3-12(15)9-11(14)10-16/h3-4,9,13H,5-8,10H2,1-2H3. The smallest absolute Gasteiger partial charge is 0.0494 e. The van der Waals surface area contributed by atoms with E-state index in [0.29, 0.717) is 5.88 Å². The Morgan fingerprint density at radius 3 is 2.56 bits per heavy atom. The molecule has 0 spiro atoms. The lowest BCUT2D eigenvalue weighted by Crippen LogP contribution is -2.42. The number of hydrogen-bond donors (Lipinski definition) is 0. The van der Waals surface area contributed by atoms with E-state index in [2.05, 4.69) is 58.0 Å². The lowest BCUT2D eigenvalue weighted by molar-refractivity contribution is 0.249. The van der Waals surface area contributed by atoms with Gasteiger partial charge in [-0.2, -0.15) is 0 Å². The van der Waals surface area contributed by atoms with Crippen molar-refractivity contribution >= 4 is 33.2 Å². The van der Waals surface area contributed by atoms with E-state index >= 15 is 0 Å². The normalized spacial score (nSPS) is 17.5. The zero-order valence-electron chi connectivity index (χ0n) is 11.0. The Morgan fingerprint density at radius 2 is 2.00 bits per heavy atom. The molecule has 1 aliphatic heterocycles. The average molecular weight is 332 g/mol. The Kier molecular flexibility index (Phi) is 4.93. The number of benzene rings is 1. The molecule has 4 heteroatoms. The van der Waals surface area contributed by atoms with Crippen LogP contribution in [0, 0.1) is 0 Å². The van der Waals surface area contributed by atoms with Crippen molar-refractivity contribution in [3.05, 3.63) is 28.2 Å². The number of halogens is 2. The van der Waals surface area contributed by atoms with Crippen molar-refractivity contribution in [2.45, 2.75) is 24.8 Å². The molecule has 1 heterocycles. The van der Waals surface area contributed by atoms with Crippen LogP contribution >= 0.6 is 27.5 Å². The largest absolute Gasteiger partial charge is 0.371 e. The van der Waals surface area contributed by atoms with Crippen LogP contribution in [0.3, 0.4) is 0 Å². The predicted octanol–water partition coefficient (Wildman–Crippen LogP) is 3.72. The maximum Gasteiger partial charge on any atom is 0.0494 e. The lowest BCUT2D eigenvalue weighted by atomic mass is 10.0. The van der Waals surface area contributed by atoms with E-state index in [4.69, 9.17) is 11.6 Å². The van der Waals surface area contributed by atoms with Crippen molar-refractivity contribution < 1.29 is 0 Å². The van der Waals surface area contributed by atoms with Gasteiger partial charge in [-0.25, -0.2) is 0 Å². The molecule has 1 aliphatic rings. The minimum absolute atomic E-state index is 0.572. The third-order valence-electron chi connectivity index (χ3n) is 3.72. The number of anilines is 1. The Hall–Kier alpha value is -0.250. The summed E-state index contributed by atoms with van der Waals surface area (Å²) in [7, 11) is 4.34. The van der Waals surface area contributed by atoms with Gasteiger partial charge in [0.2, 0.25) is 0 Å². The van der Waals surface area contributed by atoms with Gasteiger partial charge in [-0.3, -0.25) is 0 Å². The highest BCUT2D eigenvalue weighted by Crippen LogP contribution is 2.29. The third kappa shape index (κ3) is 3.19. The summed E-state index contributed by atoms with van der Waals surface area (Å²) in [6, 6.07) is 7.12. The second kappa shape index (κ2) is 6.27. The number of nitrogens with zero attached hydrogens (tertiary/aromatic N) is 2. The summed E-state index contributed by atoms with van der Waals surface area (Å²) in [6.07, 6.45) is 2.45. The molecule has 1 aromatic rings. The van der Waals surface area contributed by atoms with Gasteiger partial charge < -0.3 is 9.80 Å². The zero-order chi connectivity index (χ0) is 13.1. The molecule has 0 atom stereocenters. The van der Waals surface area contributed by atoms with E-state index in [0.717, 1.165) is 23.6 Å². The van der Waals surface area contributed by atoms with E-state index in [1.54, 1.807) is 0 Å². The van der Waals surface area contributed by atoms with Crippen molar-refractivity contribution in [2.75, 3.05) is 32.1 Å². The van der Waals surface area contributed by atoms with Gasteiger partial charge >= 0.3 is 0 Å². The average Bonchev–Trinajstić information content (AvgIpc) is 2.38. The molecule has 100 valence electrons. The van der Waals surface area contributed by atoms with E-state index in [1.165, 1.54) is 24.1 Å². The summed E-state index contributed by atoms with van der Waals surface area (Å²) in [6.45, 7) is 2.24. The number of alkyl halides is 1. The minimum atomic E-state index is 0.572. The van der Waals surface area contributed by atoms with Crippen LogP contribution in [0.25, 0.3) is 0 Å². The van der Waals surface area contributed by atoms with Gasteiger partial charge in [0.1, 0.15) is 0 Å². The van der Waals surface area contributed by atoms with Crippen molar-refractivity contribution in [2.24, 2.45) is 0 Å². The molecule has 0 aromatic heterocycles. The van der Waals surface area contributed by atoms with Crippen LogP contribution in [0.15, 0.2) is 22.7 Å². The molecular formula is C14H20BrClN2. The van der Waals surface area contributed by atoms with Gasteiger partial charge in [0, 0.05) is 35.2 Å². The summed E-state index contributed by atoms with van der Waals surface area (Å²) in [4.78, 5) is 4.80. The van der Waals surface area contributed by atoms with Gasteiger partial charge in [-0.1, -0.05) is 15.9 Å². The second-order valence-electron chi connectivity index (χ2n) is 5.09. The topological polar surface area (TPSA) is 6.48 Å². The highest BCUT2D eigenvalue weighted by atomic mass is 79.9. The van der Waals surface area contributed by atoms with Crippen molar-refractivity contribution in [3.8, 4) is 0 Å². The fraction of sp³-hybridized carbons (Fsp3) is 0.571. The summed E-state index contributed by atoms with van der Waals surface area (Å²) in [5.74, 6) is 0.572. The maximum absolute atomic E-state index is 6.05. The lowest BCUT2D eigenvalue weighted by Gasteiger charge is -2.37. The highest BCUT2D eigenvalue weighted by molar-refractivity contribution is 9.10. The molecule has 0 amide bonds. The van der Waals surface area contributed by atoms with Crippen molar-refractivity contribution in [1.82, 2.24) is 4.90 Å². The molecule has 0 N–H and O–H groups in total. The van der Waals surface area contributed by atoms with E-state index < -0.39 is 0 Å². The molecule has 0 bridgehead atoms. The molecule has 0 radical (unpaired) electrons. The van der Waals surface area contributed by atoms with Gasteiger partial charge in [-0.15, -0.1) is 11.6 Å². The molecule has 1 saturated heterocycles. The molecule has 0 unspecified atom stereocenters. The van der Waals surface area contributed by atoms with Gasteiger partial charge in [0.25, 0.3) is 0 Å². The number of hydrogen-bond acceptors (Lipinski definition) is 2. The molecule has 18 heavy (non-hydrogen) atoms. The molecular weight excluding hydrogens is 312 g/mol. The fourth-order valence-electron chi connectivity index (χ4n) is 2.59. The Morgan fingerprint density at radius 1 is 1.33 bits per heavy atom. The molecule has 0 aliphatic carbocycles. The summed E-state index contributed by atoms with van der Waals surface area (Å²) in [5, 5.41) is 0. The molecule has 0 saturated carbocycles.